The minimum atomic E-state index is -3.55. The normalized spacial score (nSPS) is 17.9. The second kappa shape index (κ2) is 6.13. The van der Waals surface area contributed by atoms with Gasteiger partial charge in [0.2, 0.25) is 15.9 Å². The molecule has 116 valence electrons. The van der Waals surface area contributed by atoms with Gasteiger partial charge in [-0.3, -0.25) is 4.79 Å². The molecule has 1 aliphatic rings. The van der Waals surface area contributed by atoms with Gasteiger partial charge in [-0.15, -0.1) is 0 Å². The van der Waals surface area contributed by atoms with Gasteiger partial charge in [0.15, 0.2) is 0 Å². The van der Waals surface area contributed by atoms with Gasteiger partial charge in [0.25, 0.3) is 0 Å². The average Bonchev–Trinajstić information content (AvgIpc) is 2.70. The van der Waals surface area contributed by atoms with Crippen LogP contribution in [-0.2, 0) is 14.8 Å². The van der Waals surface area contributed by atoms with Crippen molar-refractivity contribution in [1.82, 2.24) is 10.0 Å². The monoisotopic (exact) mass is 311 g/mol. The van der Waals surface area contributed by atoms with Gasteiger partial charge < -0.3 is 10.6 Å². The molecule has 3 N–H and O–H groups in total. The van der Waals surface area contributed by atoms with Gasteiger partial charge in [0.05, 0.1) is 10.8 Å². The van der Waals surface area contributed by atoms with Crippen molar-refractivity contribution in [2.45, 2.75) is 37.6 Å². The van der Waals surface area contributed by atoms with E-state index in [1.165, 1.54) is 6.07 Å². The first kappa shape index (κ1) is 15.9. The minimum absolute atomic E-state index is 0.103. The number of carbonyl (C=O) groups is 1. The van der Waals surface area contributed by atoms with E-state index in [1.54, 1.807) is 19.1 Å². The Morgan fingerprint density at radius 1 is 1.29 bits per heavy atom. The van der Waals surface area contributed by atoms with Crippen molar-refractivity contribution in [3.05, 3.63) is 23.8 Å². The molecule has 0 aromatic heterocycles. The van der Waals surface area contributed by atoms with Gasteiger partial charge in [-0.1, -0.05) is 13.8 Å². The molecular weight excluding hydrogens is 290 g/mol. The summed E-state index contributed by atoms with van der Waals surface area (Å²) in [5.74, 6) is -0.425. The molecule has 1 aromatic carbocycles. The number of anilines is 1. The fourth-order valence-electron chi connectivity index (χ4n) is 2.19. The Kier molecular flexibility index (Phi) is 4.65. The molecule has 1 unspecified atom stereocenters. The van der Waals surface area contributed by atoms with Gasteiger partial charge in [0, 0.05) is 24.8 Å². The van der Waals surface area contributed by atoms with Gasteiger partial charge in [-0.2, -0.15) is 0 Å². The Labute approximate surface area is 125 Å². The fraction of sp³-hybridized carbons (Fsp3) is 0.500. The van der Waals surface area contributed by atoms with Gasteiger partial charge in [0.1, 0.15) is 0 Å². The van der Waals surface area contributed by atoms with Crippen molar-refractivity contribution in [1.29, 1.82) is 0 Å². The molecule has 1 amide bonds. The predicted molar refractivity (Wildman–Crippen MR) is 81.8 cm³/mol. The molecule has 0 saturated carbocycles. The van der Waals surface area contributed by atoms with Crippen LogP contribution >= 0.6 is 0 Å². The maximum absolute atomic E-state index is 12.2. The molecule has 21 heavy (non-hydrogen) atoms. The topological polar surface area (TPSA) is 87.3 Å². The molecule has 1 aromatic rings. The Balaban J connectivity index is 2.09. The average molecular weight is 311 g/mol. The number of sulfonamides is 1. The number of carbonyl (C=O) groups excluding carboxylic acids is 1. The molecule has 2 rings (SSSR count). The maximum Gasteiger partial charge on any atom is 0.240 e. The van der Waals surface area contributed by atoms with Crippen LogP contribution in [0.25, 0.3) is 0 Å². The first-order valence-electron chi connectivity index (χ1n) is 6.99. The summed E-state index contributed by atoms with van der Waals surface area (Å²) in [6, 6.07) is 5.02. The number of hydrogen-bond acceptors (Lipinski definition) is 4. The molecule has 1 aliphatic heterocycles. The highest BCUT2D eigenvalue weighted by Crippen LogP contribution is 2.33. The van der Waals surface area contributed by atoms with Crippen LogP contribution in [0.1, 0.15) is 32.3 Å². The summed E-state index contributed by atoms with van der Waals surface area (Å²) in [6.45, 7) is 6.65. The standard InChI is InChI=1S/C14H21N3O3S/c1-9(2)15-6-7-16-21(19,20)11-4-5-13-12(8-11)10(3)14(18)17-13/h4-5,8-10,15-16H,6-7H2,1-3H3,(H,17,18). The fourth-order valence-corrected chi connectivity index (χ4v) is 3.26. The van der Waals surface area contributed by atoms with Gasteiger partial charge in [-0.05, 0) is 30.7 Å². The molecule has 7 heteroatoms. The van der Waals surface area contributed by atoms with E-state index in [9.17, 15) is 13.2 Å². The summed E-state index contributed by atoms with van der Waals surface area (Å²) in [4.78, 5) is 11.8. The maximum atomic E-state index is 12.2. The number of benzene rings is 1. The van der Waals surface area contributed by atoms with Crippen molar-refractivity contribution in [3.8, 4) is 0 Å². The number of nitrogens with one attached hydrogen (secondary N) is 3. The highest BCUT2D eigenvalue weighted by molar-refractivity contribution is 7.89. The lowest BCUT2D eigenvalue weighted by Crippen LogP contribution is -2.34. The summed E-state index contributed by atoms with van der Waals surface area (Å²) >= 11 is 0. The van der Waals surface area contributed by atoms with Gasteiger partial charge >= 0.3 is 0 Å². The van der Waals surface area contributed by atoms with Crippen LogP contribution in [0.5, 0.6) is 0 Å². The molecule has 0 saturated heterocycles. The summed E-state index contributed by atoms with van der Waals surface area (Å²) in [7, 11) is -3.55. The lowest BCUT2D eigenvalue weighted by Gasteiger charge is -2.11. The number of amides is 1. The third kappa shape index (κ3) is 3.61. The smallest absolute Gasteiger partial charge is 0.240 e. The van der Waals surface area contributed by atoms with Crippen LogP contribution in [0.4, 0.5) is 5.69 Å². The number of fused-ring (bicyclic) bond motifs is 1. The molecule has 0 spiro atoms. The number of rotatable bonds is 6. The molecule has 0 aliphatic carbocycles. The molecule has 6 nitrogen and oxygen atoms in total. The minimum Gasteiger partial charge on any atom is -0.325 e. The van der Waals surface area contributed by atoms with E-state index in [2.05, 4.69) is 15.4 Å². The highest BCUT2D eigenvalue weighted by atomic mass is 32.2. The van der Waals surface area contributed by atoms with E-state index in [1.807, 2.05) is 13.8 Å². The van der Waals surface area contributed by atoms with Crippen LogP contribution in [-0.4, -0.2) is 33.5 Å². The van der Waals surface area contributed by atoms with Crippen molar-refractivity contribution >= 4 is 21.6 Å². The van der Waals surface area contributed by atoms with E-state index in [4.69, 9.17) is 0 Å². The first-order valence-corrected chi connectivity index (χ1v) is 8.47. The zero-order chi connectivity index (χ0) is 15.6. The molecule has 1 heterocycles. The van der Waals surface area contributed by atoms with Crippen molar-refractivity contribution in [2.75, 3.05) is 18.4 Å². The molecule has 0 fully saturated rings. The largest absolute Gasteiger partial charge is 0.325 e. The Morgan fingerprint density at radius 2 is 2.00 bits per heavy atom. The summed E-state index contributed by atoms with van der Waals surface area (Å²) in [6.07, 6.45) is 0. The number of hydrogen-bond donors (Lipinski definition) is 3. The highest BCUT2D eigenvalue weighted by Gasteiger charge is 2.28. The van der Waals surface area contributed by atoms with E-state index in [0.29, 0.717) is 24.8 Å². The lowest BCUT2D eigenvalue weighted by molar-refractivity contribution is -0.116. The third-order valence-corrected chi connectivity index (χ3v) is 4.88. The summed E-state index contributed by atoms with van der Waals surface area (Å²) < 4.78 is 27.0. The van der Waals surface area contributed by atoms with Crippen LogP contribution in [0.15, 0.2) is 23.1 Å². The Hall–Kier alpha value is -1.44. The molecule has 0 radical (unpaired) electrons. The second-order valence-corrected chi connectivity index (χ2v) is 7.23. The van der Waals surface area contributed by atoms with Crippen molar-refractivity contribution in [2.24, 2.45) is 0 Å². The lowest BCUT2D eigenvalue weighted by atomic mass is 10.0. The van der Waals surface area contributed by atoms with Crippen molar-refractivity contribution in [3.63, 3.8) is 0 Å². The molecular formula is C14H21N3O3S. The Bertz CT molecular complexity index is 641. The zero-order valence-electron chi connectivity index (χ0n) is 12.4. The van der Waals surface area contributed by atoms with Gasteiger partial charge in [-0.25, -0.2) is 13.1 Å². The van der Waals surface area contributed by atoms with Crippen molar-refractivity contribution < 1.29 is 13.2 Å². The van der Waals surface area contributed by atoms with Crippen LogP contribution in [0.3, 0.4) is 0 Å². The van der Waals surface area contributed by atoms with Crippen LogP contribution in [0.2, 0.25) is 0 Å². The third-order valence-electron chi connectivity index (χ3n) is 3.42. The zero-order valence-corrected chi connectivity index (χ0v) is 13.3. The first-order chi connectivity index (χ1) is 9.81. The van der Waals surface area contributed by atoms with Crippen LogP contribution < -0.4 is 15.4 Å². The van der Waals surface area contributed by atoms with E-state index in [0.717, 1.165) is 5.56 Å². The van der Waals surface area contributed by atoms with E-state index in [-0.39, 0.29) is 16.7 Å². The SMILES string of the molecule is CC(C)NCCNS(=O)(=O)c1ccc2c(c1)C(C)C(=O)N2. The predicted octanol–water partition coefficient (Wildman–Crippen LogP) is 1.02. The Morgan fingerprint density at radius 3 is 2.67 bits per heavy atom. The summed E-state index contributed by atoms with van der Waals surface area (Å²) in [5.41, 5.74) is 1.41. The quantitative estimate of drug-likeness (QED) is 0.685. The second-order valence-electron chi connectivity index (χ2n) is 5.47. The van der Waals surface area contributed by atoms with E-state index >= 15 is 0 Å². The summed E-state index contributed by atoms with van der Waals surface area (Å²) in [5, 5.41) is 5.87. The molecule has 1 atom stereocenters. The molecule has 0 bridgehead atoms. The van der Waals surface area contributed by atoms with E-state index < -0.39 is 10.0 Å². The van der Waals surface area contributed by atoms with Crippen LogP contribution in [0, 0.1) is 0 Å².